The Hall–Kier alpha value is -0.800. The lowest BCUT2D eigenvalue weighted by Crippen LogP contribution is -2.34. The van der Waals surface area contributed by atoms with E-state index in [4.69, 9.17) is 4.42 Å². The molecule has 0 aliphatic heterocycles. The van der Waals surface area contributed by atoms with Crippen LogP contribution < -0.4 is 5.32 Å². The molecule has 1 N–H and O–H groups in total. The molecule has 0 bridgehead atoms. The van der Waals surface area contributed by atoms with Gasteiger partial charge in [-0.3, -0.25) is 4.90 Å². The van der Waals surface area contributed by atoms with Gasteiger partial charge in [-0.2, -0.15) is 0 Å². The summed E-state index contributed by atoms with van der Waals surface area (Å²) in [5.41, 5.74) is 1.37. The van der Waals surface area contributed by atoms with Gasteiger partial charge in [0.2, 0.25) is 0 Å². The summed E-state index contributed by atoms with van der Waals surface area (Å²) in [5.74, 6) is 1.06. The molecule has 0 amide bonds. The molecule has 17 heavy (non-hydrogen) atoms. The largest absolute Gasteiger partial charge is 0.468 e. The maximum Gasteiger partial charge on any atom is 0.118 e. The van der Waals surface area contributed by atoms with Crippen LogP contribution in [0, 0.1) is 0 Å². The van der Waals surface area contributed by atoms with Gasteiger partial charge in [0.05, 0.1) is 12.8 Å². The molecule has 3 nitrogen and oxygen atoms in total. The van der Waals surface area contributed by atoms with E-state index in [1.54, 1.807) is 0 Å². The van der Waals surface area contributed by atoms with Crippen LogP contribution in [0.4, 0.5) is 0 Å². The first-order valence-electron chi connectivity index (χ1n) is 6.48. The van der Waals surface area contributed by atoms with Crippen molar-refractivity contribution in [2.75, 3.05) is 13.1 Å². The van der Waals surface area contributed by atoms with Crippen LogP contribution in [0.1, 0.15) is 45.9 Å². The zero-order valence-electron chi connectivity index (χ0n) is 11.8. The molecule has 0 aliphatic rings. The van der Waals surface area contributed by atoms with Crippen molar-refractivity contribution in [3.63, 3.8) is 0 Å². The minimum atomic E-state index is 0.149. The molecule has 1 rings (SSSR count). The lowest BCUT2D eigenvalue weighted by molar-refractivity contribution is 0.269. The van der Waals surface area contributed by atoms with Crippen molar-refractivity contribution in [3.05, 3.63) is 23.7 Å². The second-order valence-corrected chi connectivity index (χ2v) is 5.49. The van der Waals surface area contributed by atoms with Crippen LogP contribution in [-0.2, 0) is 13.1 Å². The number of nitrogens with one attached hydrogen (secondary N) is 1. The highest BCUT2D eigenvalue weighted by Gasteiger charge is 2.10. The van der Waals surface area contributed by atoms with E-state index in [2.05, 4.69) is 50.9 Å². The molecule has 0 saturated heterocycles. The molecule has 0 aromatic carbocycles. The van der Waals surface area contributed by atoms with E-state index in [1.807, 2.05) is 6.26 Å². The third kappa shape index (κ3) is 5.37. The van der Waals surface area contributed by atoms with Gasteiger partial charge in [0, 0.05) is 17.6 Å². The molecule has 0 radical (unpaired) electrons. The van der Waals surface area contributed by atoms with E-state index in [0.29, 0.717) is 0 Å². The fourth-order valence-electron chi connectivity index (χ4n) is 1.64. The predicted molar refractivity (Wildman–Crippen MR) is 71.9 cm³/mol. The van der Waals surface area contributed by atoms with Crippen molar-refractivity contribution >= 4 is 0 Å². The molecule has 1 aromatic rings. The molecule has 1 aromatic heterocycles. The van der Waals surface area contributed by atoms with E-state index in [-0.39, 0.29) is 5.54 Å². The average Bonchev–Trinajstić information content (AvgIpc) is 2.70. The molecule has 3 heteroatoms. The molecule has 98 valence electrons. The molecule has 0 unspecified atom stereocenters. The zero-order valence-corrected chi connectivity index (χ0v) is 11.8. The summed E-state index contributed by atoms with van der Waals surface area (Å²) in [4.78, 5) is 2.35. The van der Waals surface area contributed by atoms with Gasteiger partial charge in [-0.15, -0.1) is 0 Å². The van der Waals surface area contributed by atoms with Crippen molar-refractivity contribution < 1.29 is 4.42 Å². The Kier molecular flexibility index (Phi) is 5.22. The average molecular weight is 238 g/mol. The zero-order chi connectivity index (χ0) is 12.9. The summed E-state index contributed by atoms with van der Waals surface area (Å²) in [6, 6.07) is 2.15. The minimum Gasteiger partial charge on any atom is -0.468 e. The van der Waals surface area contributed by atoms with Crippen molar-refractivity contribution in [2.45, 2.75) is 53.2 Å². The Morgan fingerprint density at radius 2 is 1.88 bits per heavy atom. The second-order valence-electron chi connectivity index (χ2n) is 5.49. The van der Waals surface area contributed by atoms with Crippen molar-refractivity contribution in [1.82, 2.24) is 10.2 Å². The number of hydrogen-bond acceptors (Lipinski definition) is 3. The lowest BCUT2D eigenvalue weighted by atomic mass is 10.1. The maximum absolute atomic E-state index is 5.58. The summed E-state index contributed by atoms with van der Waals surface area (Å²) < 4.78 is 5.58. The highest BCUT2D eigenvalue weighted by atomic mass is 16.3. The maximum atomic E-state index is 5.58. The van der Waals surface area contributed by atoms with Gasteiger partial charge in [0.15, 0.2) is 0 Å². The quantitative estimate of drug-likeness (QED) is 0.826. The summed E-state index contributed by atoms with van der Waals surface area (Å²) in [7, 11) is 0. The van der Waals surface area contributed by atoms with Gasteiger partial charge >= 0.3 is 0 Å². The Balaban J connectivity index is 2.48. The fourth-order valence-corrected chi connectivity index (χ4v) is 1.64. The Morgan fingerprint density at radius 1 is 1.24 bits per heavy atom. The Bertz CT molecular complexity index is 321. The van der Waals surface area contributed by atoms with Crippen LogP contribution in [0.25, 0.3) is 0 Å². The standard InChI is InChI=1S/C14H26N2O/c1-6-16(7-2)10-13-8-12(11-17-13)9-15-14(3,4)5/h8,11,15H,6-7,9-10H2,1-5H3. The second kappa shape index (κ2) is 6.22. The molecule has 1 heterocycles. The topological polar surface area (TPSA) is 28.4 Å². The molecule has 0 saturated carbocycles. The first-order chi connectivity index (χ1) is 7.94. The molecule has 0 fully saturated rings. The van der Waals surface area contributed by atoms with E-state index >= 15 is 0 Å². The molecule has 0 aliphatic carbocycles. The monoisotopic (exact) mass is 238 g/mol. The van der Waals surface area contributed by atoms with Gasteiger partial charge in [-0.05, 0) is 39.9 Å². The van der Waals surface area contributed by atoms with Crippen LogP contribution in [0.3, 0.4) is 0 Å². The first kappa shape index (κ1) is 14.3. The third-order valence-corrected chi connectivity index (χ3v) is 2.80. The Morgan fingerprint density at radius 3 is 2.41 bits per heavy atom. The van der Waals surface area contributed by atoms with Crippen LogP contribution in [0.15, 0.2) is 16.7 Å². The van der Waals surface area contributed by atoms with Gasteiger partial charge in [0.1, 0.15) is 5.76 Å². The summed E-state index contributed by atoms with van der Waals surface area (Å²) in [5, 5.41) is 3.46. The van der Waals surface area contributed by atoms with E-state index in [0.717, 1.165) is 31.9 Å². The minimum absolute atomic E-state index is 0.149. The number of hydrogen-bond donors (Lipinski definition) is 1. The van der Waals surface area contributed by atoms with E-state index < -0.39 is 0 Å². The summed E-state index contributed by atoms with van der Waals surface area (Å²) in [6.45, 7) is 14.8. The van der Waals surface area contributed by atoms with E-state index in [1.165, 1.54) is 5.56 Å². The predicted octanol–water partition coefficient (Wildman–Crippen LogP) is 3.01. The summed E-state index contributed by atoms with van der Waals surface area (Å²) >= 11 is 0. The number of furan rings is 1. The van der Waals surface area contributed by atoms with Gasteiger partial charge in [-0.1, -0.05) is 13.8 Å². The number of rotatable bonds is 6. The molecule has 0 atom stereocenters. The van der Waals surface area contributed by atoms with Crippen LogP contribution in [0.5, 0.6) is 0 Å². The molecule has 0 spiro atoms. The van der Waals surface area contributed by atoms with Crippen LogP contribution in [-0.4, -0.2) is 23.5 Å². The SMILES string of the molecule is CCN(CC)Cc1cc(CNC(C)(C)C)co1. The Labute approximate surface area is 105 Å². The molecular weight excluding hydrogens is 212 g/mol. The third-order valence-electron chi connectivity index (χ3n) is 2.80. The smallest absolute Gasteiger partial charge is 0.118 e. The highest BCUT2D eigenvalue weighted by Crippen LogP contribution is 2.11. The normalized spacial score (nSPS) is 12.4. The van der Waals surface area contributed by atoms with Gasteiger partial charge in [0.25, 0.3) is 0 Å². The van der Waals surface area contributed by atoms with Crippen molar-refractivity contribution in [1.29, 1.82) is 0 Å². The number of nitrogens with zero attached hydrogens (tertiary/aromatic N) is 1. The van der Waals surface area contributed by atoms with Crippen molar-refractivity contribution in [2.24, 2.45) is 0 Å². The summed E-state index contributed by atoms with van der Waals surface area (Å²) in [6.07, 6.45) is 1.86. The van der Waals surface area contributed by atoms with Gasteiger partial charge in [-0.25, -0.2) is 0 Å². The van der Waals surface area contributed by atoms with Crippen LogP contribution >= 0.6 is 0 Å². The lowest BCUT2D eigenvalue weighted by Gasteiger charge is -2.19. The van der Waals surface area contributed by atoms with Crippen LogP contribution in [0.2, 0.25) is 0 Å². The van der Waals surface area contributed by atoms with E-state index in [9.17, 15) is 0 Å². The first-order valence-corrected chi connectivity index (χ1v) is 6.48. The molecular formula is C14H26N2O. The fraction of sp³-hybridized carbons (Fsp3) is 0.714. The van der Waals surface area contributed by atoms with Gasteiger partial charge < -0.3 is 9.73 Å². The highest BCUT2D eigenvalue weighted by molar-refractivity contribution is 5.13. The van der Waals surface area contributed by atoms with Crippen molar-refractivity contribution in [3.8, 4) is 0 Å².